The fourth-order valence-corrected chi connectivity index (χ4v) is 2.62. The van der Waals surface area contributed by atoms with Crippen LogP contribution in [0.1, 0.15) is 5.56 Å². The number of benzene rings is 2. The van der Waals surface area contributed by atoms with Crippen LogP contribution in [0.25, 0.3) is 33.7 Å². The van der Waals surface area contributed by atoms with Crippen LogP contribution in [0.5, 0.6) is 0 Å². The van der Waals surface area contributed by atoms with Crippen molar-refractivity contribution in [3.8, 4) is 22.9 Å². The third-order valence-electron chi connectivity index (χ3n) is 3.85. The number of hydrogen-bond acceptors (Lipinski definition) is 3. The van der Waals surface area contributed by atoms with E-state index in [1.54, 1.807) is 0 Å². The summed E-state index contributed by atoms with van der Waals surface area (Å²) >= 11 is 0. The van der Waals surface area contributed by atoms with Crippen LogP contribution in [0, 0.1) is 0 Å². The molecule has 2 aromatic heterocycles. The first-order valence-electron chi connectivity index (χ1n) is 7.46. The van der Waals surface area contributed by atoms with Crippen LogP contribution < -0.4 is 0 Å². The van der Waals surface area contributed by atoms with E-state index < -0.39 is 11.7 Å². The molecular weight excluding hydrogens is 329 g/mol. The molecule has 0 saturated heterocycles. The molecule has 0 unspecified atom stereocenters. The van der Waals surface area contributed by atoms with Gasteiger partial charge in [-0.3, -0.25) is 10.1 Å². The zero-order valence-electron chi connectivity index (χ0n) is 12.7. The molecular formula is C18H11F3N4. The number of rotatable bonds is 2. The van der Waals surface area contributed by atoms with Gasteiger partial charge in [0.05, 0.1) is 5.56 Å². The highest BCUT2D eigenvalue weighted by Gasteiger charge is 2.30. The largest absolute Gasteiger partial charge is 0.417 e. The second kappa shape index (κ2) is 5.70. The maximum absolute atomic E-state index is 12.6. The molecule has 0 fully saturated rings. The molecule has 0 radical (unpaired) electrons. The van der Waals surface area contributed by atoms with Gasteiger partial charge in [0.1, 0.15) is 5.69 Å². The molecule has 0 aliphatic heterocycles. The Labute approximate surface area is 140 Å². The number of halogens is 3. The van der Waals surface area contributed by atoms with Crippen molar-refractivity contribution in [2.24, 2.45) is 0 Å². The van der Waals surface area contributed by atoms with Crippen LogP contribution >= 0.6 is 0 Å². The van der Waals surface area contributed by atoms with E-state index in [1.807, 2.05) is 42.5 Å². The van der Waals surface area contributed by atoms with Crippen molar-refractivity contribution in [1.29, 1.82) is 0 Å². The number of fused-ring (bicyclic) bond motifs is 1. The number of hydrogen-bond donors (Lipinski definition) is 1. The quantitative estimate of drug-likeness (QED) is 0.575. The van der Waals surface area contributed by atoms with Gasteiger partial charge in [-0.25, -0.2) is 4.98 Å². The Morgan fingerprint density at radius 2 is 1.68 bits per heavy atom. The molecule has 0 bridgehead atoms. The molecule has 4 aromatic rings. The van der Waals surface area contributed by atoms with E-state index in [9.17, 15) is 13.2 Å². The van der Waals surface area contributed by atoms with Crippen LogP contribution in [0.2, 0.25) is 0 Å². The van der Waals surface area contributed by atoms with Gasteiger partial charge in [0.15, 0.2) is 11.6 Å². The SMILES string of the molecule is FC(F)(F)c1ccc(-c2n[nH]c(-c3cccc4ccccc34)n2)nc1. The second-order valence-corrected chi connectivity index (χ2v) is 5.46. The summed E-state index contributed by atoms with van der Waals surface area (Å²) in [5.74, 6) is 0.783. The van der Waals surface area contributed by atoms with Gasteiger partial charge in [-0.15, -0.1) is 0 Å². The summed E-state index contributed by atoms with van der Waals surface area (Å²) in [6.07, 6.45) is -3.64. The first-order valence-corrected chi connectivity index (χ1v) is 7.46. The Kier molecular flexibility index (Phi) is 3.49. The summed E-state index contributed by atoms with van der Waals surface area (Å²) in [7, 11) is 0. The minimum absolute atomic E-state index is 0.247. The standard InChI is InChI=1S/C18H11F3N4/c19-18(20,21)12-8-9-15(22-10-12)17-23-16(24-25-17)14-7-3-5-11-4-1-2-6-13(11)14/h1-10H,(H,23,24,25). The van der Waals surface area contributed by atoms with Gasteiger partial charge in [0, 0.05) is 11.8 Å². The molecule has 1 N–H and O–H groups in total. The molecule has 0 amide bonds. The predicted molar refractivity (Wildman–Crippen MR) is 87.6 cm³/mol. The Bertz CT molecular complexity index is 1030. The first kappa shape index (κ1) is 15.3. The molecule has 4 rings (SSSR count). The highest BCUT2D eigenvalue weighted by Crippen LogP contribution is 2.30. The van der Waals surface area contributed by atoms with E-state index in [0.717, 1.165) is 28.6 Å². The van der Waals surface area contributed by atoms with E-state index in [0.29, 0.717) is 5.82 Å². The number of aromatic nitrogens is 4. The summed E-state index contributed by atoms with van der Waals surface area (Å²) < 4.78 is 37.9. The van der Waals surface area contributed by atoms with Crippen molar-refractivity contribution in [2.75, 3.05) is 0 Å². The van der Waals surface area contributed by atoms with E-state index >= 15 is 0 Å². The van der Waals surface area contributed by atoms with E-state index in [1.165, 1.54) is 6.07 Å². The number of alkyl halides is 3. The molecule has 0 atom stereocenters. The van der Waals surface area contributed by atoms with Crippen molar-refractivity contribution < 1.29 is 13.2 Å². The van der Waals surface area contributed by atoms with Crippen LogP contribution in [-0.4, -0.2) is 20.2 Å². The second-order valence-electron chi connectivity index (χ2n) is 5.46. The Morgan fingerprint density at radius 1 is 0.880 bits per heavy atom. The highest BCUT2D eigenvalue weighted by molar-refractivity contribution is 5.95. The number of nitrogens with zero attached hydrogens (tertiary/aromatic N) is 3. The summed E-state index contributed by atoms with van der Waals surface area (Å²) in [5.41, 5.74) is 0.334. The summed E-state index contributed by atoms with van der Waals surface area (Å²) in [6, 6.07) is 15.9. The van der Waals surface area contributed by atoms with E-state index in [-0.39, 0.29) is 11.5 Å². The summed E-state index contributed by atoms with van der Waals surface area (Å²) in [6.45, 7) is 0. The van der Waals surface area contributed by atoms with E-state index in [4.69, 9.17) is 0 Å². The van der Waals surface area contributed by atoms with Crippen LogP contribution in [0.3, 0.4) is 0 Å². The third kappa shape index (κ3) is 2.84. The predicted octanol–water partition coefficient (Wildman–Crippen LogP) is 4.71. The normalized spacial score (nSPS) is 11.8. The van der Waals surface area contributed by atoms with Crippen molar-refractivity contribution in [3.63, 3.8) is 0 Å². The number of pyridine rings is 1. The average Bonchev–Trinajstić information content (AvgIpc) is 3.10. The minimum atomic E-state index is -4.42. The van der Waals surface area contributed by atoms with Gasteiger partial charge in [-0.05, 0) is 22.9 Å². The lowest BCUT2D eigenvalue weighted by Crippen LogP contribution is -2.05. The highest BCUT2D eigenvalue weighted by atomic mass is 19.4. The van der Waals surface area contributed by atoms with Crippen molar-refractivity contribution in [1.82, 2.24) is 20.2 Å². The van der Waals surface area contributed by atoms with Crippen LogP contribution in [0.15, 0.2) is 60.8 Å². The average molecular weight is 340 g/mol. The molecule has 0 aliphatic rings. The monoisotopic (exact) mass is 340 g/mol. The molecule has 4 nitrogen and oxygen atoms in total. The van der Waals surface area contributed by atoms with Gasteiger partial charge < -0.3 is 0 Å². The smallest absolute Gasteiger partial charge is 0.259 e. The fourth-order valence-electron chi connectivity index (χ4n) is 2.62. The maximum Gasteiger partial charge on any atom is 0.417 e. The molecule has 7 heteroatoms. The Balaban J connectivity index is 1.73. The van der Waals surface area contributed by atoms with E-state index in [2.05, 4.69) is 20.2 Å². The molecule has 0 aliphatic carbocycles. The molecule has 124 valence electrons. The number of nitrogens with one attached hydrogen (secondary N) is 1. The van der Waals surface area contributed by atoms with Gasteiger partial charge >= 0.3 is 6.18 Å². The lowest BCUT2D eigenvalue weighted by Gasteiger charge is -2.05. The zero-order valence-corrected chi connectivity index (χ0v) is 12.7. The summed E-state index contributed by atoms with van der Waals surface area (Å²) in [4.78, 5) is 8.20. The lowest BCUT2D eigenvalue weighted by atomic mass is 10.0. The number of aromatic amines is 1. The minimum Gasteiger partial charge on any atom is -0.259 e. The third-order valence-corrected chi connectivity index (χ3v) is 3.85. The molecule has 2 aromatic carbocycles. The van der Waals surface area contributed by atoms with Crippen LogP contribution in [-0.2, 0) is 6.18 Å². The van der Waals surface area contributed by atoms with Crippen molar-refractivity contribution in [2.45, 2.75) is 6.18 Å². The van der Waals surface area contributed by atoms with Crippen molar-refractivity contribution >= 4 is 10.8 Å². The lowest BCUT2D eigenvalue weighted by molar-refractivity contribution is -0.137. The molecule has 2 heterocycles. The van der Waals surface area contributed by atoms with Gasteiger partial charge in [-0.1, -0.05) is 42.5 Å². The van der Waals surface area contributed by atoms with Crippen LogP contribution in [0.4, 0.5) is 13.2 Å². The molecule has 25 heavy (non-hydrogen) atoms. The topological polar surface area (TPSA) is 54.5 Å². The van der Waals surface area contributed by atoms with Gasteiger partial charge in [0.25, 0.3) is 0 Å². The fraction of sp³-hybridized carbons (Fsp3) is 0.0556. The number of H-pyrrole nitrogens is 1. The van der Waals surface area contributed by atoms with Gasteiger partial charge in [0.2, 0.25) is 0 Å². The molecule has 0 spiro atoms. The zero-order chi connectivity index (χ0) is 17.4. The maximum atomic E-state index is 12.6. The first-order chi connectivity index (χ1) is 12.0. The van der Waals surface area contributed by atoms with Crippen molar-refractivity contribution in [3.05, 3.63) is 66.4 Å². The Morgan fingerprint density at radius 3 is 2.44 bits per heavy atom. The Hall–Kier alpha value is -3.22. The molecule has 0 saturated carbocycles. The summed E-state index contributed by atoms with van der Waals surface area (Å²) in [5, 5.41) is 8.98. The van der Waals surface area contributed by atoms with Gasteiger partial charge in [-0.2, -0.15) is 18.3 Å².